The van der Waals surface area contributed by atoms with Crippen molar-refractivity contribution in [3.8, 4) is 17.1 Å². The number of alkyl halides is 2. The first-order valence-electron chi connectivity index (χ1n) is 14.2. The number of pyridine rings is 1. The maximum Gasteiger partial charge on any atom is 0.251 e. The van der Waals surface area contributed by atoms with Crippen LogP contribution in [-0.4, -0.2) is 82.1 Å². The van der Waals surface area contributed by atoms with E-state index in [0.717, 1.165) is 0 Å². The van der Waals surface area contributed by atoms with Gasteiger partial charge in [-0.2, -0.15) is 0 Å². The summed E-state index contributed by atoms with van der Waals surface area (Å²) in [6.45, 7) is 1.94. The summed E-state index contributed by atoms with van der Waals surface area (Å²) in [6.07, 6.45) is 6.30. The van der Waals surface area contributed by atoms with Crippen molar-refractivity contribution in [3.63, 3.8) is 0 Å². The molecule has 0 radical (unpaired) electrons. The van der Waals surface area contributed by atoms with Crippen LogP contribution in [0, 0.1) is 0 Å². The molecule has 2 saturated carbocycles. The quantitative estimate of drug-likeness (QED) is 0.308. The number of aromatic nitrogens is 5. The number of hydrogen-bond donors (Lipinski definition) is 2. The van der Waals surface area contributed by atoms with E-state index in [-0.39, 0.29) is 24.4 Å². The van der Waals surface area contributed by atoms with E-state index >= 15 is 0 Å². The Morgan fingerprint density at radius 1 is 1.09 bits per heavy atom. The lowest BCUT2D eigenvalue weighted by Crippen LogP contribution is -2.48. The van der Waals surface area contributed by atoms with E-state index in [1.165, 1.54) is 12.4 Å². The van der Waals surface area contributed by atoms with E-state index in [0.29, 0.717) is 73.8 Å². The molecule has 0 bridgehead atoms. The predicted octanol–water partition coefficient (Wildman–Crippen LogP) is 3.65. The normalized spacial score (nSPS) is 20.7. The number of amides is 1. The van der Waals surface area contributed by atoms with Gasteiger partial charge in [0.25, 0.3) is 6.43 Å². The molecule has 0 spiro atoms. The van der Waals surface area contributed by atoms with Crippen molar-refractivity contribution < 1.29 is 26.7 Å². The van der Waals surface area contributed by atoms with E-state index in [4.69, 9.17) is 4.74 Å². The SMILES string of the molecule is CCOc1cncc(-c2ccc(NC(=O)C3(c4ccnc(NS(=O)(=O)C5CC5)n4)CCC(N(C)CC(F)F)CC3)nc2)n1. The van der Waals surface area contributed by atoms with Crippen LogP contribution in [0.1, 0.15) is 51.1 Å². The first-order valence-corrected chi connectivity index (χ1v) is 15.7. The van der Waals surface area contributed by atoms with Gasteiger partial charge < -0.3 is 10.1 Å². The average Bonchev–Trinajstić information content (AvgIpc) is 3.84. The summed E-state index contributed by atoms with van der Waals surface area (Å²) < 4.78 is 59.0. The van der Waals surface area contributed by atoms with Gasteiger partial charge in [0, 0.05) is 24.0 Å². The second-order valence-electron chi connectivity index (χ2n) is 10.8. The summed E-state index contributed by atoms with van der Waals surface area (Å²) in [5, 5.41) is 2.42. The highest BCUT2D eigenvalue weighted by Crippen LogP contribution is 2.41. The van der Waals surface area contributed by atoms with Gasteiger partial charge >= 0.3 is 0 Å². The Kier molecular flexibility index (Phi) is 9.11. The van der Waals surface area contributed by atoms with Crippen LogP contribution in [-0.2, 0) is 20.2 Å². The summed E-state index contributed by atoms with van der Waals surface area (Å²) in [5.74, 6) is 0.197. The largest absolute Gasteiger partial charge is 0.477 e. The van der Waals surface area contributed by atoms with Gasteiger partial charge in [-0.1, -0.05) is 0 Å². The van der Waals surface area contributed by atoms with Crippen LogP contribution in [0.4, 0.5) is 20.5 Å². The van der Waals surface area contributed by atoms with Gasteiger partial charge in [-0.3, -0.25) is 19.4 Å². The maximum atomic E-state index is 14.0. The zero-order chi connectivity index (χ0) is 30.6. The molecule has 0 aliphatic heterocycles. The molecule has 2 aliphatic rings. The minimum atomic E-state index is -3.62. The van der Waals surface area contributed by atoms with E-state index in [1.807, 2.05) is 6.92 Å². The topological polar surface area (TPSA) is 152 Å². The molecule has 43 heavy (non-hydrogen) atoms. The minimum Gasteiger partial charge on any atom is -0.477 e. The van der Waals surface area contributed by atoms with Crippen molar-refractivity contribution in [3.05, 3.63) is 48.7 Å². The number of ether oxygens (including phenoxy) is 1. The van der Waals surface area contributed by atoms with Gasteiger partial charge in [0.05, 0.1) is 47.6 Å². The average molecular weight is 617 g/mol. The fourth-order valence-corrected chi connectivity index (χ4v) is 6.60. The minimum absolute atomic E-state index is 0.105. The molecule has 5 rings (SSSR count). The second kappa shape index (κ2) is 12.8. The van der Waals surface area contributed by atoms with Gasteiger partial charge in [0.2, 0.25) is 27.8 Å². The third kappa shape index (κ3) is 7.21. The van der Waals surface area contributed by atoms with Gasteiger partial charge in [0.1, 0.15) is 5.82 Å². The number of sulfonamides is 1. The van der Waals surface area contributed by atoms with Crippen molar-refractivity contribution in [2.45, 2.75) is 68.6 Å². The highest BCUT2D eigenvalue weighted by atomic mass is 32.2. The molecule has 1 amide bonds. The second-order valence-corrected chi connectivity index (χ2v) is 12.8. The number of rotatable bonds is 12. The van der Waals surface area contributed by atoms with Gasteiger partial charge in [0.15, 0.2) is 0 Å². The number of carbonyl (C=O) groups excluding carboxylic acids is 1. The van der Waals surface area contributed by atoms with Gasteiger partial charge in [-0.25, -0.2) is 37.1 Å². The number of halogens is 2. The van der Waals surface area contributed by atoms with E-state index in [1.54, 1.807) is 42.5 Å². The molecule has 12 nitrogen and oxygen atoms in total. The van der Waals surface area contributed by atoms with E-state index in [9.17, 15) is 22.0 Å². The smallest absolute Gasteiger partial charge is 0.251 e. The molecular formula is C28H34F2N8O4S. The standard InChI is InChI=1S/C28H34F2N8O4S/c1-3-42-25-16-31-15-21(34-25)18-4-7-24(33-14-18)36-26(39)28(11-8-19(9-12-28)38(2)17-23(29)30)22-10-13-32-27(35-22)37-43(40,41)20-5-6-20/h4,7,10,13-16,19-20,23H,3,5-6,8-9,11-12,17H2,1-2H3,(H,32,35,37)(H,33,36,39). The van der Waals surface area contributed by atoms with Crippen LogP contribution in [0.3, 0.4) is 0 Å². The Morgan fingerprint density at radius 2 is 1.86 bits per heavy atom. The summed E-state index contributed by atoms with van der Waals surface area (Å²) in [6, 6.07) is 4.85. The summed E-state index contributed by atoms with van der Waals surface area (Å²) in [5.41, 5.74) is 0.416. The zero-order valence-electron chi connectivity index (χ0n) is 23.9. The third-order valence-electron chi connectivity index (χ3n) is 7.84. The van der Waals surface area contributed by atoms with Crippen molar-refractivity contribution in [1.29, 1.82) is 0 Å². The summed E-state index contributed by atoms with van der Waals surface area (Å²) in [7, 11) is -1.97. The molecule has 2 aliphatic carbocycles. The van der Waals surface area contributed by atoms with Crippen LogP contribution in [0.2, 0.25) is 0 Å². The fourth-order valence-electron chi connectivity index (χ4n) is 5.33. The lowest BCUT2D eigenvalue weighted by Gasteiger charge is -2.41. The molecule has 0 saturated heterocycles. The molecule has 0 atom stereocenters. The van der Waals surface area contributed by atoms with Crippen LogP contribution in [0.15, 0.2) is 43.0 Å². The molecular weight excluding hydrogens is 582 g/mol. The van der Waals surface area contributed by atoms with Crippen LogP contribution in [0.25, 0.3) is 11.3 Å². The number of carbonyl (C=O) groups is 1. The molecule has 3 aromatic rings. The Hall–Kier alpha value is -3.85. The number of nitrogens with one attached hydrogen (secondary N) is 2. The molecule has 3 heterocycles. The molecule has 2 fully saturated rings. The van der Waals surface area contributed by atoms with E-state index < -0.39 is 27.1 Å². The van der Waals surface area contributed by atoms with Crippen LogP contribution < -0.4 is 14.8 Å². The third-order valence-corrected chi connectivity index (χ3v) is 9.66. The predicted molar refractivity (Wildman–Crippen MR) is 155 cm³/mol. The monoisotopic (exact) mass is 616 g/mol. The van der Waals surface area contributed by atoms with E-state index in [2.05, 4.69) is 35.0 Å². The highest BCUT2D eigenvalue weighted by molar-refractivity contribution is 7.93. The van der Waals surface area contributed by atoms with Crippen molar-refractivity contribution in [1.82, 2.24) is 29.8 Å². The van der Waals surface area contributed by atoms with Gasteiger partial charge in [-0.15, -0.1) is 0 Å². The fraction of sp³-hybridized carbons (Fsp3) is 0.500. The Morgan fingerprint density at radius 3 is 2.51 bits per heavy atom. The van der Waals surface area contributed by atoms with Crippen molar-refractivity contribution in [2.75, 3.05) is 30.2 Å². The number of nitrogens with zero attached hydrogens (tertiary/aromatic N) is 6. The number of hydrogen-bond acceptors (Lipinski definition) is 10. The van der Waals surface area contributed by atoms with Crippen molar-refractivity contribution >= 4 is 27.7 Å². The zero-order valence-corrected chi connectivity index (χ0v) is 24.7. The first-order chi connectivity index (χ1) is 20.6. The molecule has 0 unspecified atom stereocenters. The lowest BCUT2D eigenvalue weighted by molar-refractivity contribution is -0.123. The molecule has 3 aromatic heterocycles. The molecule has 2 N–H and O–H groups in total. The first kappa shape index (κ1) is 30.6. The van der Waals surface area contributed by atoms with Crippen LogP contribution >= 0.6 is 0 Å². The number of anilines is 2. The molecule has 15 heteroatoms. The highest BCUT2D eigenvalue weighted by Gasteiger charge is 2.46. The lowest BCUT2D eigenvalue weighted by atomic mass is 9.69. The van der Waals surface area contributed by atoms with Crippen LogP contribution in [0.5, 0.6) is 5.88 Å². The Bertz CT molecular complexity index is 1530. The Balaban J connectivity index is 1.39. The Labute approximate surface area is 248 Å². The molecule has 0 aromatic carbocycles. The maximum absolute atomic E-state index is 14.0. The van der Waals surface area contributed by atoms with Crippen molar-refractivity contribution in [2.24, 2.45) is 0 Å². The van der Waals surface area contributed by atoms with Gasteiger partial charge in [-0.05, 0) is 70.7 Å². The molecule has 230 valence electrons. The summed E-state index contributed by atoms with van der Waals surface area (Å²) in [4.78, 5) is 37.1. The summed E-state index contributed by atoms with van der Waals surface area (Å²) >= 11 is 0.